The van der Waals surface area contributed by atoms with Gasteiger partial charge < -0.3 is 14.8 Å². The summed E-state index contributed by atoms with van der Waals surface area (Å²) in [7, 11) is 0. The number of ether oxygens (including phenoxy) is 2. The Kier molecular flexibility index (Phi) is 3.80. The van der Waals surface area contributed by atoms with Crippen molar-refractivity contribution in [3.8, 4) is 11.5 Å². The van der Waals surface area contributed by atoms with E-state index in [-0.39, 0.29) is 11.9 Å². The lowest BCUT2D eigenvalue weighted by Gasteiger charge is -2.52. The number of rotatable bonds is 3. The van der Waals surface area contributed by atoms with Crippen molar-refractivity contribution in [2.24, 2.45) is 0 Å². The Bertz CT molecular complexity index is 827. The van der Waals surface area contributed by atoms with Gasteiger partial charge in [0.25, 0.3) is 0 Å². The summed E-state index contributed by atoms with van der Waals surface area (Å²) in [5.74, 6) is 1.23. The molecular formula is C19H19FN2O2S. The quantitative estimate of drug-likeness (QED) is 0.834. The largest absolute Gasteiger partial charge is 0.494 e. The Balaban J connectivity index is 1.71. The highest BCUT2D eigenvalue weighted by atomic mass is 32.1. The Labute approximate surface area is 151 Å². The van der Waals surface area contributed by atoms with E-state index < -0.39 is 5.72 Å². The molecule has 2 aromatic rings. The lowest BCUT2D eigenvalue weighted by molar-refractivity contribution is 0.0495. The fourth-order valence-corrected chi connectivity index (χ4v) is 4.04. The second-order valence-corrected chi connectivity index (χ2v) is 6.81. The van der Waals surface area contributed by atoms with Gasteiger partial charge in [0.1, 0.15) is 17.3 Å². The van der Waals surface area contributed by atoms with E-state index in [1.807, 2.05) is 43.0 Å². The van der Waals surface area contributed by atoms with E-state index in [2.05, 4.69) is 5.32 Å². The van der Waals surface area contributed by atoms with E-state index in [1.165, 1.54) is 12.1 Å². The Morgan fingerprint density at radius 3 is 2.80 bits per heavy atom. The molecule has 1 saturated heterocycles. The first-order valence-electron chi connectivity index (χ1n) is 8.32. The van der Waals surface area contributed by atoms with Crippen molar-refractivity contribution in [2.45, 2.75) is 32.0 Å². The average Bonchev–Trinajstić information content (AvgIpc) is 2.57. The number of anilines is 1. The Morgan fingerprint density at radius 2 is 2.08 bits per heavy atom. The Hall–Kier alpha value is -2.34. The van der Waals surface area contributed by atoms with Crippen LogP contribution in [0.2, 0.25) is 0 Å². The minimum Gasteiger partial charge on any atom is -0.494 e. The summed E-state index contributed by atoms with van der Waals surface area (Å²) in [5, 5.41) is 3.89. The minimum atomic E-state index is -0.634. The molecule has 2 atom stereocenters. The van der Waals surface area contributed by atoms with E-state index in [1.54, 1.807) is 6.07 Å². The molecule has 4 nitrogen and oxygen atoms in total. The third-order valence-electron chi connectivity index (χ3n) is 4.64. The third kappa shape index (κ3) is 2.70. The molecule has 2 bridgehead atoms. The average molecular weight is 358 g/mol. The maximum atomic E-state index is 13.6. The first-order valence-corrected chi connectivity index (χ1v) is 8.73. The molecule has 2 heterocycles. The molecule has 1 N–H and O–H groups in total. The van der Waals surface area contributed by atoms with Gasteiger partial charge in [0.2, 0.25) is 0 Å². The van der Waals surface area contributed by atoms with E-state index in [9.17, 15) is 4.39 Å². The van der Waals surface area contributed by atoms with E-state index in [0.29, 0.717) is 23.9 Å². The number of nitrogens with one attached hydrogen (secondary N) is 1. The summed E-state index contributed by atoms with van der Waals surface area (Å²) in [6.07, 6.45) is 0.663. The van der Waals surface area contributed by atoms with Crippen molar-refractivity contribution in [2.75, 3.05) is 11.5 Å². The maximum Gasteiger partial charge on any atom is 0.188 e. The van der Waals surface area contributed by atoms with Crippen molar-refractivity contribution in [1.82, 2.24) is 5.32 Å². The van der Waals surface area contributed by atoms with Gasteiger partial charge in [-0.3, -0.25) is 4.90 Å². The number of fused-ring (bicyclic) bond motifs is 4. The van der Waals surface area contributed by atoms with Crippen LogP contribution >= 0.6 is 12.2 Å². The molecule has 0 aromatic heterocycles. The molecule has 6 heteroatoms. The summed E-state index contributed by atoms with van der Waals surface area (Å²) >= 11 is 5.59. The molecule has 130 valence electrons. The van der Waals surface area contributed by atoms with Crippen LogP contribution in [-0.4, -0.2) is 17.4 Å². The molecule has 4 rings (SSSR count). The van der Waals surface area contributed by atoms with Crippen molar-refractivity contribution < 1.29 is 13.9 Å². The van der Waals surface area contributed by atoms with Crippen molar-refractivity contribution >= 4 is 23.0 Å². The van der Waals surface area contributed by atoms with Gasteiger partial charge in [0.05, 0.1) is 12.6 Å². The topological polar surface area (TPSA) is 33.7 Å². The van der Waals surface area contributed by atoms with Crippen LogP contribution in [0, 0.1) is 5.82 Å². The monoisotopic (exact) mass is 358 g/mol. The van der Waals surface area contributed by atoms with Crippen LogP contribution < -0.4 is 19.7 Å². The molecule has 0 aliphatic carbocycles. The zero-order valence-electron chi connectivity index (χ0n) is 14.1. The van der Waals surface area contributed by atoms with E-state index in [0.717, 1.165) is 17.0 Å². The standard InChI is InChI=1S/C19H19FN2O2S/c1-3-23-14-7-5-13(6-8-14)22-18(25)21-16-11-19(22,2)24-17-9-4-12(20)10-15(16)17/h4-10,16H,3,11H2,1-2H3,(H,21,25)/t16-,19-/m0/s1. The molecule has 2 aliphatic heterocycles. The highest BCUT2D eigenvalue weighted by molar-refractivity contribution is 7.80. The summed E-state index contributed by atoms with van der Waals surface area (Å²) in [4.78, 5) is 1.97. The molecule has 0 spiro atoms. The Morgan fingerprint density at radius 1 is 1.32 bits per heavy atom. The molecular weight excluding hydrogens is 339 g/mol. The highest BCUT2D eigenvalue weighted by Crippen LogP contribution is 2.45. The van der Waals surface area contributed by atoms with Gasteiger partial charge in [-0.15, -0.1) is 0 Å². The molecule has 25 heavy (non-hydrogen) atoms. The second kappa shape index (κ2) is 5.88. The minimum absolute atomic E-state index is 0.0594. The van der Waals surface area contributed by atoms with Crippen LogP contribution in [0.5, 0.6) is 11.5 Å². The van der Waals surface area contributed by atoms with Gasteiger partial charge in [-0.25, -0.2) is 4.39 Å². The number of nitrogens with zero attached hydrogens (tertiary/aromatic N) is 1. The number of hydrogen-bond acceptors (Lipinski definition) is 3. The first kappa shape index (κ1) is 16.1. The summed E-state index contributed by atoms with van der Waals surface area (Å²) in [6.45, 7) is 4.59. The fraction of sp³-hybridized carbons (Fsp3) is 0.316. The molecule has 0 amide bonds. The third-order valence-corrected chi connectivity index (χ3v) is 4.94. The van der Waals surface area contributed by atoms with Crippen molar-refractivity contribution in [3.63, 3.8) is 0 Å². The molecule has 0 saturated carbocycles. The van der Waals surface area contributed by atoms with Gasteiger partial charge in [0, 0.05) is 17.7 Å². The van der Waals surface area contributed by atoms with Gasteiger partial charge in [-0.1, -0.05) is 0 Å². The van der Waals surface area contributed by atoms with Crippen LogP contribution in [0.25, 0.3) is 0 Å². The van der Waals surface area contributed by atoms with Crippen LogP contribution in [0.4, 0.5) is 10.1 Å². The predicted molar refractivity (Wildman–Crippen MR) is 98.6 cm³/mol. The number of halogens is 1. The number of thiocarbonyl (C=S) groups is 1. The number of benzene rings is 2. The zero-order chi connectivity index (χ0) is 17.6. The normalized spacial score (nSPS) is 24.2. The molecule has 1 fully saturated rings. The summed E-state index contributed by atoms with van der Waals surface area (Å²) in [5.41, 5.74) is 1.10. The van der Waals surface area contributed by atoms with E-state index in [4.69, 9.17) is 21.7 Å². The molecule has 0 radical (unpaired) electrons. The molecule has 2 aromatic carbocycles. The zero-order valence-corrected chi connectivity index (χ0v) is 14.9. The highest BCUT2D eigenvalue weighted by Gasteiger charge is 2.48. The van der Waals surface area contributed by atoms with Crippen molar-refractivity contribution in [3.05, 3.63) is 53.8 Å². The smallest absolute Gasteiger partial charge is 0.188 e. The summed E-state index contributed by atoms with van der Waals surface area (Å²) < 4.78 is 25.4. The molecule has 0 unspecified atom stereocenters. The first-order chi connectivity index (χ1) is 12.0. The number of hydrogen-bond donors (Lipinski definition) is 1. The predicted octanol–water partition coefficient (Wildman–Crippen LogP) is 4.16. The molecule has 2 aliphatic rings. The van der Waals surface area contributed by atoms with Crippen molar-refractivity contribution in [1.29, 1.82) is 0 Å². The van der Waals surface area contributed by atoms with E-state index >= 15 is 0 Å². The van der Waals surface area contributed by atoms with Gasteiger partial charge in [-0.2, -0.15) is 0 Å². The van der Waals surface area contributed by atoms with Gasteiger partial charge >= 0.3 is 0 Å². The van der Waals surface area contributed by atoms with Gasteiger partial charge in [-0.05, 0) is 68.5 Å². The lowest BCUT2D eigenvalue weighted by Crippen LogP contribution is -2.65. The lowest BCUT2D eigenvalue weighted by atomic mass is 9.90. The van der Waals surface area contributed by atoms with Crippen LogP contribution in [-0.2, 0) is 0 Å². The van der Waals surface area contributed by atoms with Crippen LogP contribution in [0.3, 0.4) is 0 Å². The fourth-order valence-electron chi connectivity index (χ4n) is 3.59. The van der Waals surface area contributed by atoms with Gasteiger partial charge in [0.15, 0.2) is 10.8 Å². The van der Waals surface area contributed by atoms with Crippen LogP contribution in [0.1, 0.15) is 31.9 Å². The maximum absolute atomic E-state index is 13.6. The van der Waals surface area contributed by atoms with Crippen LogP contribution in [0.15, 0.2) is 42.5 Å². The SMILES string of the molecule is CCOc1ccc(N2C(=S)N[C@H]3C[C@]2(C)Oc2ccc(F)cc23)cc1. The second-order valence-electron chi connectivity index (χ2n) is 6.43. The summed E-state index contributed by atoms with van der Waals surface area (Å²) in [6, 6.07) is 12.3.